The van der Waals surface area contributed by atoms with Gasteiger partial charge >= 0.3 is 0 Å². The zero-order valence-electron chi connectivity index (χ0n) is 15.7. The topological polar surface area (TPSA) is 69.7 Å². The van der Waals surface area contributed by atoms with Crippen molar-refractivity contribution < 1.29 is 18.7 Å². The van der Waals surface area contributed by atoms with Crippen LogP contribution in [-0.2, 0) is 9.47 Å². The van der Waals surface area contributed by atoms with Crippen molar-refractivity contribution in [1.82, 2.24) is 14.7 Å². The molecule has 8 heteroatoms. The van der Waals surface area contributed by atoms with Gasteiger partial charge in [0, 0.05) is 37.0 Å². The van der Waals surface area contributed by atoms with E-state index >= 15 is 0 Å². The third-order valence-electron chi connectivity index (χ3n) is 5.40. The van der Waals surface area contributed by atoms with Gasteiger partial charge < -0.3 is 18.8 Å². The molecule has 3 aromatic rings. The van der Waals surface area contributed by atoms with Crippen LogP contribution in [0.3, 0.4) is 0 Å². The minimum Gasteiger partial charge on any atom is -0.463 e. The van der Waals surface area contributed by atoms with Gasteiger partial charge in [0.25, 0.3) is 5.91 Å². The minimum absolute atomic E-state index is 0.0851. The normalized spacial score (nSPS) is 18.4. The van der Waals surface area contributed by atoms with Crippen LogP contribution < -0.4 is 0 Å². The fourth-order valence-electron chi connectivity index (χ4n) is 3.86. The number of hydrogen-bond donors (Lipinski definition) is 0. The Morgan fingerprint density at radius 3 is 2.45 bits per heavy atom. The molecule has 2 aliphatic heterocycles. The van der Waals surface area contributed by atoms with Crippen LogP contribution in [0.2, 0.25) is 5.02 Å². The summed E-state index contributed by atoms with van der Waals surface area (Å²) >= 11 is 6.03. The lowest BCUT2D eigenvalue weighted by atomic mass is 10.0. The summed E-state index contributed by atoms with van der Waals surface area (Å²) in [6.07, 6.45) is 2.92. The van der Waals surface area contributed by atoms with E-state index in [0.29, 0.717) is 61.3 Å². The highest BCUT2D eigenvalue weighted by molar-refractivity contribution is 6.30. The van der Waals surface area contributed by atoms with E-state index < -0.39 is 5.79 Å². The minimum atomic E-state index is -0.521. The van der Waals surface area contributed by atoms with E-state index in [1.807, 2.05) is 23.1 Å². The SMILES string of the molecule is O=C(c1cc(-c2ccco2)nn1-c1ccc(Cl)cc1)N1CCC2(CC1)OCCO2. The van der Waals surface area contributed by atoms with Gasteiger partial charge in [-0.3, -0.25) is 4.79 Å². The van der Waals surface area contributed by atoms with E-state index in [-0.39, 0.29) is 5.91 Å². The van der Waals surface area contributed by atoms with Crippen LogP contribution in [-0.4, -0.2) is 52.7 Å². The summed E-state index contributed by atoms with van der Waals surface area (Å²) in [6.45, 7) is 2.37. The van der Waals surface area contributed by atoms with Gasteiger partial charge in [-0.05, 0) is 36.4 Å². The second-order valence-corrected chi connectivity index (χ2v) is 7.62. The zero-order valence-corrected chi connectivity index (χ0v) is 16.5. The van der Waals surface area contributed by atoms with Gasteiger partial charge in [-0.25, -0.2) is 4.68 Å². The van der Waals surface area contributed by atoms with Gasteiger partial charge in [0.05, 0.1) is 25.2 Å². The molecule has 1 spiro atoms. The Morgan fingerprint density at radius 2 is 1.79 bits per heavy atom. The number of nitrogens with zero attached hydrogens (tertiary/aromatic N) is 3. The molecule has 7 nitrogen and oxygen atoms in total. The molecule has 2 saturated heterocycles. The van der Waals surface area contributed by atoms with E-state index in [1.54, 1.807) is 35.2 Å². The summed E-state index contributed by atoms with van der Waals surface area (Å²) in [5, 5.41) is 5.25. The van der Waals surface area contributed by atoms with Gasteiger partial charge in [-0.15, -0.1) is 0 Å². The van der Waals surface area contributed by atoms with E-state index in [0.717, 1.165) is 5.69 Å². The predicted molar refractivity (Wildman–Crippen MR) is 106 cm³/mol. The molecule has 0 unspecified atom stereocenters. The summed E-state index contributed by atoms with van der Waals surface area (Å²) in [5.74, 6) is 0.00205. The Kier molecular flexibility index (Phi) is 4.66. The number of piperidine rings is 1. The van der Waals surface area contributed by atoms with Crippen molar-refractivity contribution in [1.29, 1.82) is 0 Å². The zero-order chi connectivity index (χ0) is 19.8. The van der Waals surface area contributed by atoms with Crippen molar-refractivity contribution in [3.8, 4) is 17.1 Å². The number of benzene rings is 1. The molecule has 2 fully saturated rings. The number of halogens is 1. The summed E-state index contributed by atoms with van der Waals surface area (Å²) in [5.41, 5.74) is 1.83. The summed E-state index contributed by atoms with van der Waals surface area (Å²) in [6, 6.07) is 12.6. The molecule has 0 radical (unpaired) electrons. The quantitative estimate of drug-likeness (QED) is 0.653. The van der Waals surface area contributed by atoms with Crippen LogP contribution >= 0.6 is 11.6 Å². The van der Waals surface area contributed by atoms with Gasteiger partial charge in [-0.1, -0.05) is 11.6 Å². The third kappa shape index (κ3) is 3.46. The molecular weight excluding hydrogens is 394 g/mol. The maximum absolute atomic E-state index is 13.4. The summed E-state index contributed by atoms with van der Waals surface area (Å²) < 4.78 is 18.7. The van der Waals surface area contributed by atoms with Crippen molar-refractivity contribution >= 4 is 17.5 Å². The lowest BCUT2D eigenvalue weighted by molar-refractivity contribution is -0.181. The van der Waals surface area contributed by atoms with Crippen LogP contribution in [0.25, 0.3) is 17.1 Å². The second-order valence-electron chi connectivity index (χ2n) is 7.18. The van der Waals surface area contributed by atoms with Crippen molar-refractivity contribution in [3.63, 3.8) is 0 Å². The smallest absolute Gasteiger partial charge is 0.272 e. The number of carbonyl (C=O) groups excluding carboxylic acids is 1. The van der Waals surface area contributed by atoms with E-state index in [4.69, 9.17) is 25.5 Å². The van der Waals surface area contributed by atoms with Crippen LogP contribution in [0.1, 0.15) is 23.3 Å². The van der Waals surface area contributed by atoms with Gasteiger partial charge in [-0.2, -0.15) is 5.10 Å². The van der Waals surface area contributed by atoms with Crippen LogP contribution in [0, 0.1) is 0 Å². The number of rotatable bonds is 3. The number of amides is 1. The molecule has 1 aromatic carbocycles. The van der Waals surface area contributed by atoms with Gasteiger partial charge in [0.1, 0.15) is 11.4 Å². The molecule has 4 heterocycles. The van der Waals surface area contributed by atoms with Crippen LogP contribution in [0.15, 0.2) is 53.1 Å². The molecule has 0 bridgehead atoms. The number of ether oxygens (including phenoxy) is 2. The van der Waals surface area contributed by atoms with E-state index in [1.165, 1.54) is 0 Å². The standard InChI is InChI=1S/C21H20ClN3O4/c22-15-3-5-16(6-4-15)25-18(14-17(23-25)19-2-1-11-27-19)20(26)24-9-7-21(8-10-24)28-12-13-29-21/h1-6,11,14H,7-10,12-13H2. The van der Waals surface area contributed by atoms with Crippen LogP contribution in [0.5, 0.6) is 0 Å². The number of carbonyl (C=O) groups is 1. The molecule has 2 aromatic heterocycles. The van der Waals surface area contributed by atoms with Gasteiger partial charge in [0.2, 0.25) is 0 Å². The molecule has 0 saturated carbocycles. The Labute approximate surface area is 172 Å². The molecule has 29 heavy (non-hydrogen) atoms. The molecular formula is C21H20ClN3O4. The average Bonchev–Trinajstić information content (AvgIpc) is 3.49. The lowest BCUT2D eigenvalue weighted by Gasteiger charge is -2.37. The first kappa shape index (κ1) is 18.4. The maximum atomic E-state index is 13.4. The highest BCUT2D eigenvalue weighted by Crippen LogP contribution is 2.32. The fraction of sp³-hybridized carbons (Fsp3) is 0.333. The highest BCUT2D eigenvalue weighted by atomic mass is 35.5. The van der Waals surface area contributed by atoms with Crippen molar-refractivity contribution in [2.75, 3.05) is 26.3 Å². The van der Waals surface area contributed by atoms with Crippen LogP contribution in [0.4, 0.5) is 0 Å². The molecule has 1 amide bonds. The van der Waals surface area contributed by atoms with E-state index in [2.05, 4.69) is 5.10 Å². The number of hydrogen-bond acceptors (Lipinski definition) is 5. The van der Waals surface area contributed by atoms with Crippen molar-refractivity contribution in [2.45, 2.75) is 18.6 Å². The van der Waals surface area contributed by atoms with Gasteiger partial charge in [0.15, 0.2) is 11.5 Å². The third-order valence-corrected chi connectivity index (χ3v) is 5.65. The molecule has 2 aliphatic rings. The Balaban J connectivity index is 1.46. The molecule has 5 rings (SSSR count). The Hall–Kier alpha value is -2.61. The predicted octanol–water partition coefficient (Wildman–Crippen LogP) is 3.76. The second kappa shape index (κ2) is 7.33. The fourth-order valence-corrected chi connectivity index (χ4v) is 3.98. The average molecular weight is 414 g/mol. The molecule has 0 aliphatic carbocycles. The Morgan fingerprint density at radius 1 is 1.07 bits per heavy atom. The summed E-state index contributed by atoms with van der Waals surface area (Å²) in [4.78, 5) is 15.2. The number of aromatic nitrogens is 2. The lowest BCUT2D eigenvalue weighted by Crippen LogP contribution is -2.47. The molecule has 0 N–H and O–H groups in total. The maximum Gasteiger partial charge on any atom is 0.272 e. The van der Waals surface area contributed by atoms with E-state index in [9.17, 15) is 4.79 Å². The largest absolute Gasteiger partial charge is 0.463 e. The first-order valence-electron chi connectivity index (χ1n) is 9.61. The van der Waals surface area contributed by atoms with Crippen molar-refractivity contribution in [2.24, 2.45) is 0 Å². The first-order valence-corrected chi connectivity index (χ1v) is 9.98. The monoisotopic (exact) mass is 413 g/mol. The highest BCUT2D eigenvalue weighted by Gasteiger charge is 2.41. The number of furan rings is 1. The Bertz CT molecular complexity index is 997. The molecule has 150 valence electrons. The molecule has 0 atom stereocenters. The van der Waals surface area contributed by atoms with Crippen molar-refractivity contribution in [3.05, 3.63) is 59.4 Å². The first-order chi connectivity index (χ1) is 14.1. The summed E-state index contributed by atoms with van der Waals surface area (Å²) in [7, 11) is 0. The number of likely N-dealkylation sites (tertiary alicyclic amines) is 1.